The highest BCUT2D eigenvalue weighted by molar-refractivity contribution is 5.07. The standard InChI is InChI=1S/C10H15N2O/c1-12(2)8-5-9-13-10-6-3-4-7-11-10/h4,6-7H,5,8-9H2,1-2H3. The quantitative estimate of drug-likeness (QED) is 0.635. The Morgan fingerprint density at radius 2 is 2.38 bits per heavy atom. The molecule has 0 aliphatic heterocycles. The first kappa shape index (κ1) is 9.99. The molecule has 3 heteroatoms. The van der Waals surface area contributed by atoms with Crippen molar-refractivity contribution >= 4 is 0 Å². The van der Waals surface area contributed by atoms with Gasteiger partial charge < -0.3 is 9.64 Å². The van der Waals surface area contributed by atoms with Gasteiger partial charge in [-0.1, -0.05) is 0 Å². The Hall–Kier alpha value is -1.09. The van der Waals surface area contributed by atoms with Gasteiger partial charge in [-0.3, -0.25) is 0 Å². The predicted molar refractivity (Wildman–Crippen MR) is 51.7 cm³/mol. The second kappa shape index (κ2) is 5.54. The van der Waals surface area contributed by atoms with E-state index >= 15 is 0 Å². The van der Waals surface area contributed by atoms with Crippen LogP contribution < -0.4 is 4.74 Å². The van der Waals surface area contributed by atoms with Crippen molar-refractivity contribution in [2.75, 3.05) is 27.2 Å². The summed E-state index contributed by atoms with van der Waals surface area (Å²) in [5.41, 5.74) is 0. The average molecular weight is 179 g/mol. The van der Waals surface area contributed by atoms with E-state index in [1.54, 1.807) is 18.3 Å². The topological polar surface area (TPSA) is 25.4 Å². The lowest BCUT2D eigenvalue weighted by Gasteiger charge is -2.09. The molecule has 0 atom stereocenters. The lowest BCUT2D eigenvalue weighted by atomic mass is 10.4. The normalized spacial score (nSPS) is 10.4. The van der Waals surface area contributed by atoms with Gasteiger partial charge in [0.1, 0.15) is 0 Å². The third-order valence-electron chi connectivity index (χ3n) is 1.58. The van der Waals surface area contributed by atoms with Gasteiger partial charge in [-0.15, -0.1) is 0 Å². The molecule has 0 aliphatic carbocycles. The Morgan fingerprint density at radius 3 is 3.00 bits per heavy atom. The highest BCUT2D eigenvalue weighted by atomic mass is 16.5. The lowest BCUT2D eigenvalue weighted by molar-refractivity contribution is 0.273. The van der Waals surface area contributed by atoms with E-state index in [4.69, 9.17) is 4.74 Å². The Bertz CT molecular complexity index is 224. The van der Waals surface area contributed by atoms with E-state index in [0.717, 1.165) is 13.0 Å². The molecule has 0 aromatic carbocycles. The third kappa shape index (κ3) is 4.48. The molecule has 0 aliphatic rings. The number of nitrogens with zero attached hydrogens (tertiary/aromatic N) is 2. The Morgan fingerprint density at radius 1 is 1.54 bits per heavy atom. The fourth-order valence-electron chi connectivity index (χ4n) is 0.947. The van der Waals surface area contributed by atoms with Crippen LogP contribution in [0.25, 0.3) is 0 Å². The van der Waals surface area contributed by atoms with E-state index in [0.29, 0.717) is 12.5 Å². The van der Waals surface area contributed by atoms with E-state index in [1.165, 1.54) is 0 Å². The van der Waals surface area contributed by atoms with Crippen molar-refractivity contribution in [2.24, 2.45) is 0 Å². The van der Waals surface area contributed by atoms with E-state index < -0.39 is 0 Å². The van der Waals surface area contributed by atoms with E-state index in [9.17, 15) is 0 Å². The summed E-state index contributed by atoms with van der Waals surface area (Å²) in [6.07, 6.45) is 2.70. The zero-order valence-corrected chi connectivity index (χ0v) is 8.16. The summed E-state index contributed by atoms with van der Waals surface area (Å²) in [5, 5.41) is 0. The largest absolute Gasteiger partial charge is 0.478 e. The minimum Gasteiger partial charge on any atom is -0.478 e. The first-order chi connectivity index (χ1) is 6.29. The van der Waals surface area contributed by atoms with Crippen molar-refractivity contribution in [1.29, 1.82) is 0 Å². The maximum Gasteiger partial charge on any atom is 0.213 e. The van der Waals surface area contributed by atoms with Crippen LogP contribution in [-0.4, -0.2) is 37.1 Å². The summed E-state index contributed by atoms with van der Waals surface area (Å²) in [5.74, 6) is 0.654. The second-order valence-electron chi connectivity index (χ2n) is 3.10. The van der Waals surface area contributed by atoms with E-state index in [2.05, 4.69) is 30.0 Å². The molecule has 0 spiro atoms. The molecule has 0 fully saturated rings. The molecule has 0 N–H and O–H groups in total. The van der Waals surface area contributed by atoms with Crippen molar-refractivity contribution in [3.8, 4) is 5.88 Å². The number of hydrogen-bond acceptors (Lipinski definition) is 3. The van der Waals surface area contributed by atoms with Gasteiger partial charge in [-0.2, -0.15) is 0 Å². The third-order valence-corrected chi connectivity index (χ3v) is 1.58. The van der Waals surface area contributed by atoms with E-state index in [-0.39, 0.29) is 0 Å². The lowest BCUT2D eigenvalue weighted by Crippen LogP contribution is -2.15. The van der Waals surface area contributed by atoms with Gasteiger partial charge in [0.05, 0.1) is 6.61 Å². The summed E-state index contributed by atoms with van der Waals surface area (Å²) in [6.45, 7) is 1.75. The van der Waals surface area contributed by atoms with Crippen LogP contribution in [-0.2, 0) is 0 Å². The van der Waals surface area contributed by atoms with Crippen LogP contribution in [0.15, 0.2) is 18.3 Å². The highest BCUT2D eigenvalue weighted by Gasteiger charge is 1.93. The number of ether oxygens (including phenoxy) is 1. The van der Waals surface area contributed by atoms with Gasteiger partial charge in [-0.05, 0) is 32.6 Å². The minimum absolute atomic E-state index is 0.654. The highest BCUT2D eigenvalue weighted by Crippen LogP contribution is 2.02. The number of aromatic nitrogens is 1. The summed E-state index contributed by atoms with van der Waals surface area (Å²) in [7, 11) is 4.10. The van der Waals surface area contributed by atoms with Gasteiger partial charge in [-0.25, -0.2) is 4.98 Å². The molecule has 1 aromatic heterocycles. The van der Waals surface area contributed by atoms with Crippen molar-refractivity contribution in [1.82, 2.24) is 9.88 Å². The molecule has 0 bridgehead atoms. The SMILES string of the molecule is CN(C)CCCOc1c[c]ccn1. The molecular formula is C10H15N2O. The van der Waals surface area contributed by atoms with Gasteiger partial charge in [0.25, 0.3) is 0 Å². The fourth-order valence-corrected chi connectivity index (χ4v) is 0.947. The first-order valence-corrected chi connectivity index (χ1v) is 4.38. The molecule has 0 amide bonds. The van der Waals surface area contributed by atoms with Crippen LogP contribution >= 0.6 is 0 Å². The maximum absolute atomic E-state index is 5.39. The first-order valence-electron chi connectivity index (χ1n) is 4.38. The molecule has 1 rings (SSSR count). The molecule has 0 saturated heterocycles. The molecule has 1 heterocycles. The van der Waals surface area contributed by atoms with E-state index in [1.807, 2.05) is 0 Å². The molecule has 0 saturated carbocycles. The zero-order chi connectivity index (χ0) is 9.52. The molecule has 71 valence electrons. The Balaban J connectivity index is 2.13. The van der Waals surface area contributed by atoms with Crippen LogP contribution in [0.5, 0.6) is 5.88 Å². The monoisotopic (exact) mass is 179 g/mol. The number of hydrogen-bond donors (Lipinski definition) is 0. The zero-order valence-electron chi connectivity index (χ0n) is 8.16. The maximum atomic E-state index is 5.39. The van der Waals surface area contributed by atoms with Crippen molar-refractivity contribution in [3.05, 3.63) is 24.4 Å². The molecule has 3 nitrogen and oxygen atoms in total. The molecular weight excluding hydrogens is 164 g/mol. The van der Waals surface area contributed by atoms with Crippen LogP contribution in [0.1, 0.15) is 6.42 Å². The average Bonchev–Trinajstić information content (AvgIpc) is 2.14. The molecule has 1 radical (unpaired) electrons. The van der Waals surface area contributed by atoms with Crippen molar-refractivity contribution in [3.63, 3.8) is 0 Å². The predicted octanol–water partition coefficient (Wildman–Crippen LogP) is 1.21. The minimum atomic E-state index is 0.654. The van der Waals surface area contributed by atoms with Crippen LogP contribution in [0.3, 0.4) is 0 Å². The summed E-state index contributed by atoms with van der Waals surface area (Å²) < 4.78 is 5.39. The van der Waals surface area contributed by atoms with Crippen LogP contribution in [0.4, 0.5) is 0 Å². The summed E-state index contributed by atoms with van der Waals surface area (Å²) in [6, 6.07) is 6.42. The van der Waals surface area contributed by atoms with Crippen LogP contribution in [0, 0.1) is 6.07 Å². The summed E-state index contributed by atoms with van der Waals surface area (Å²) in [4.78, 5) is 6.16. The second-order valence-corrected chi connectivity index (χ2v) is 3.10. The van der Waals surface area contributed by atoms with Gasteiger partial charge in [0.15, 0.2) is 0 Å². The fraction of sp³-hybridized carbons (Fsp3) is 0.500. The van der Waals surface area contributed by atoms with Crippen LogP contribution in [0.2, 0.25) is 0 Å². The van der Waals surface area contributed by atoms with Gasteiger partial charge >= 0.3 is 0 Å². The number of pyridine rings is 1. The smallest absolute Gasteiger partial charge is 0.213 e. The number of rotatable bonds is 5. The Kier molecular flexibility index (Phi) is 4.26. The van der Waals surface area contributed by atoms with Crippen molar-refractivity contribution < 1.29 is 4.74 Å². The van der Waals surface area contributed by atoms with Crippen molar-refractivity contribution in [2.45, 2.75) is 6.42 Å². The molecule has 1 aromatic rings. The summed E-state index contributed by atoms with van der Waals surface area (Å²) >= 11 is 0. The molecule has 0 unspecified atom stereocenters. The molecule has 13 heavy (non-hydrogen) atoms. The Labute approximate surface area is 79.3 Å². The van der Waals surface area contributed by atoms with Gasteiger partial charge in [0.2, 0.25) is 5.88 Å². The van der Waals surface area contributed by atoms with Gasteiger partial charge in [0, 0.05) is 18.8 Å².